The molecule has 0 amide bonds. The van der Waals surface area contributed by atoms with Gasteiger partial charge in [-0.3, -0.25) is 0 Å². The van der Waals surface area contributed by atoms with Crippen LogP contribution in [0, 0.1) is 12.8 Å². The molecule has 1 aromatic heterocycles. The number of rotatable bonds is 6. The van der Waals surface area contributed by atoms with E-state index in [2.05, 4.69) is 29.8 Å². The Morgan fingerprint density at radius 3 is 2.76 bits per heavy atom. The molecule has 1 aromatic rings. The van der Waals surface area contributed by atoms with Crippen molar-refractivity contribution in [3.05, 3.63) is 23.4 Å². The van der Waals surface area contributed by atoms with Crippen molar-refractivity contribution in [3.8, 4) is 0 Å². The maximum absolute atomic E-state index is 5.83. The van der Waals surface area contributed by atoms with Crippen LogP contribution in [0.15, 0.2) is 12.3 Å². The first-order chi connectivity index (χ1) is 8.24. The third-order valence-electron chi connectivity index (χ3n) is 3.23. The van der Waals surface area contributed by atoms with Gasteiger partial charge in [0.2, 0.25) is 0 Å². The van der Waals surface area contributed by atoms with E-state index in [1.54, 1.807) is 0 Å². The van der Waals surface area contributed by atoms with Gasteiger partial charge in [0.05, 0.1) is 0 Å². The van der Waals surface area contributed by atoms with Gasteiger partial charge in [0, 0.05) is 25.2 Å². The van der Waals surface area contributed by atoms with Crippen LogP contribution in [0.25, 0.3) is 0 Å². The van der Waals surface area contributed by atoms with Crippen molar-refractivity contribution in [1.29, 1.82) is 0 Å². The zero-order valence-electron chi connectivity index (χ0n) is 10.7. The predicted molar refractivity (Wildman–Crippen MR) is 73.8 cm³/mol. The first-order valence-corrected chi connectivity index (χ1v) is 7.04. The molecule has 1 fully saturated rings. The van der Waals surface area contributed by atoms with Crippen molar-refractivity contribution in [2.24, 2.45) is 5.92 Å². The Morgan fingerprint density at radius 1 is 1.47 bits per heavy atom. The SMILES string of the molecule is CCCN(CC1CC1)c1ncc(CCl)cc1C. The van der Waals surface area contributed by atoms with E-state index in [9.17, 15) is 0 Å². The molecule has 1 aliphatic carbocycles. The predicted octanol–water partition coefficient (Wildman–Crippen LogP) is 3.76. The Labute approximate surface area is 109 Å². The lowest BCUT2D eigenvalue weighted by Crippen LogP contribution is -2.28. The first-order valence-electron chi connectivity index (χ1n) is 6.51. The van der Waals surface area contributed by atoms with Crippen LogP contribution in [0.5, 0.6) is 0 Å². The van der Waals surface area contributed by atoms with Crippen LogP contribution in [-0.2, 0) is 5.88 Å². The third-order valence-corrected chi connectivity index (χ3v) is 3.54. The number of pyridine rings is 1. The Hall–Kier alpha value is -0.760. The summed E-state index contributed by atoms with van der Waals surface area (Å²) in [5.74, 6) is 2.59. The Bertz CT molecular complexity index is 374. The molecule has 0 aromatic carbocycles. The van der Waals surface area contributed by atoms with Gasteiger partial charge in [-0.1, -0.05) is 6.92 Å². The summed E-state index contributed by atoms with van der Waals surface area (Å²) in [4.78, 5) is 7.03. The molecular weight excluding hydrogens is 232 g/mol. The largest absolute Gasteiger partial charge is 0.356 e. The minimum atomic E-state index is 0.546. The van der Waals surface area contributed by atoms with Gasteiger partial charge in [-0.25, -0.2) is 4.98 Å². The zero-order chi connectivity index (χ0) is 12.3. The zero-order valence-corrected chi connectivity index (χ0v) is 11.5. The average molecular weight is 253 g/mol. The van der Waals surface area contributed by atoms with Gasteiger partial charge in [0.15, 0.2) is 0 Å². The fraction of sp³-hybridized carbons (Fsp3) is 0.643. The van der Waals surface area contributed by atoms with Gasteiger partial charge in [-0.2, -0.15) is 0 Å². The highest BCUT2D eigenvalue weighted by Crippen LogP contribution is 2.32. The number of anilines is 1. The molecule has 0 aliphatic heterocycles. The molecule has 17 heavy (non-hydrogen) atoms. The van der Waals surface area contributed by atoms with Gasteiger partial charge < -0.3 is 4.90 Å². The molecule has 0 spiro atoms. The van der Waals surface area contributed by atoms with Gasteiger partial charge in [0.25, 0.3) is 0 Å². The van der Waals surface area contributed by atoms with Crippen molar-refractivity contribution in [2.75, 3.05) is 18.0 Å². The summed E-state index contributed by atoms with van der Waals surface area (Å²) in [6.07, 6.45) is 5.86. The third kappa shape index (κ3) is 3.35. The highest BCUT2D eigenvalue weighted by Gasteiger charge is 2.25. The van der Waals surface area contributed by atoms with Crippen LogP contribution in [0.4, 0.5) is 5.82 Å². The van der Waals surface area contributed by atoms with Crippen LogP contribution in [0.2, 0.25) is 0 Å². The fourth-order valence-corrected chi connectivity index (χ4v) is 2.34. The second kappa shape index (κ2) is 5.72. The van der Waals surface area contributed by atoms with Crippen LogP contribution in [0.3, 0.4) is 0 Å². The van der Waals surface area contributed by atoms with E-state index >= 15 is 0 Å². The minimum absolute atomic E-state index is 0.546. The van der Waals surface area contributed by atoms with Crippen molar-refractivity contribution in [2.45, 2.75) is 39.0 Å². The molecule has 94 valence electrons. The molecule has 3 heteroatoms. The normalized spacial score (nSPS) is 15.0. The summed E-state index contributed by atoms with van der Waals surface area (Å²) in [5, 5.41) is 0. The number of aromatic nitrogens is 1. The summed E-state index contributed by atoms with van der Waals surface area (Å²) < 4.78 is 0. The minimum Gasteiger partial charge on any atom is -0.356 e. The lowest BCUT2D eigenvalue weighted by molar-refractivity contribution is 0.696. The molecule has 2 nitrogen and oxygen atoms in total. The molecule has 0 bridgehead atoms. The Kier molecular flexibility index (Phi) is 4.27. The van der Waals surface area contributed by atoms with Gasteiger partial charge in [-0.05, 0) is 49.3 Å². The van der Waals surface area contributed by atoms with Crippen molar-refractivity contribution in [1.82, 2.24) is 4.98 Å². The standard InChI is InChI=1S/C14H21ClN2/c1-3-6-17(10-12-4-5-12)14-11(2)7-13(8-15)9-16-14/h7,9,12H,3-6,8,10H2,1-2H3. The molecule has 0 saturated heterocycles. The molecule has 2 rings (SSSR count). The van der Waals surface area contributed by atoms with E-state index in [1.807, 2.05) is 6.20 Å². The van der Waals surface area contributed by atoms with Crippen LogP contribution < -0.4 is 4.90 Å². The van der Waals surface area contributed by atoms with Crippen LogP contribution in [0.1, 0.15) is 37.3 Å². The van der Waals surface area contributed by atoms with Crippen molar-refractivity contribution in [3.63, 3.8) is 0 Å². The second-order valence-corrected chi connectivity index (χ2v) is 5.27. The Balaban J connectivity index is 2.15. The highest BCUT2D eigenvalue weighted by atomic mass is 35.5. The summed E-state index contributed by atoms with van der Waals surface area (Å²) in [6, 6.07) is 2.16. The second-order valence-electron chi connectivity index (χ2n) is 5.01. The number of nitrogens with zero attached hydrogens (tertiary/aromatic N) is 2. The molecule has 1 saturated carbocycles. The van der Waals surface area contributed by atoms with Crippen LogP contribution >= 0.6 is 11.6 Å². The monoisotopic (exact) mass is 252 g/mol. The highest BCUT2D eigenvalue weighted by molar-refractivity contribution is 6.17. The smallest absolute Gasteiger partial charge is 0.131 e. The number of hydrogen-bond acceptors (Lipinski definition) is 2. The van der Waals surface area contributed by atoms with Crippen LogP contribution in [-0.4, -0.2) is 18.1 Å². The number of halogens is 1. The van der Waals surface area contributed by atoms with E-state index in [0.29, 0.717) is 5.88 Å². The summed E-state index contributed by atoms with van der Waals surface area (Å²) in [6.45, 7) is 6.63. The van der Waals surface area contributed by atoms with Gasteiger partial charge >= 0.3 is 0 Å². The fourth-order valence-electron chi connectivity index (χ4n) is 2.20. The molecular formula is C14H21ClN2. The van der Waals surface area contributed by atoms with E-state index < -0.39 is 0 Å². The molecule has 0 atom stereocenters. The lowest BCUT2D eigenvalue weighted by atomic mass is 10.2. The molecule has 0 radical (unpaired) electrons. The van der Waals surface area contributed by atoms with E-state index in [-0.39, 0.29) is 0 Å². The van der Waals surface area contributed by atoms with E-state index in [4.69, 9.17) is 11.6 Å². The molecule has 1 heterocycles. The summed E-state index contributed by atoms with van der Waals surface area (Å²) in [5.41, 5.74) is 2.35. The number of alkyl halides is 1. The Morgan fingerprint density at radius 2 is 2.24 bits per heavy atom. The average Bonchev–Trinajstić information content (AvgIpc) is 3.12. The molecule has 0 unspecified atom stereocenters. The van der Waals surface area contributed by atoms with Gasteiger partial charge in [-0.15, -0.1) is 11.6 Å². The number of hydrogen-bond donors (Lipinski definition) is 0. The topological polar surface area (TPSA) is 16.1 Å². The first kappa shape index (κ1) is 12.7. The number of aryl methyl sites for hydroxylation is 1. The quantitative estimate of drug-likeness (QED) is 0.717. The van der Waals surface area contributed by atoms with Crippen molar-refractivity contribution >= 4 is 17.4 Å². The van der Waals surface area contributed by atoms with E-state index in [0.717, 1.165) is 23.8 Å². The molecule has 0 N–H and O–H groups in total. The van der Waals surface area contributed by atoms with Crippen molar-refractivity contribution < 1.29 is 0 Å². The summed E-state index contributed by atoms with van der Waals surface area (Å²) in [7, 11) is 0. The summed E-state index contributed by atoms with van der Waals surface area (Å²) >= 11 is 5.83. The molecule has 1 aliphatic rings. The lowest BCUT2D eigenvalue weighted by Gasteiger charge is -2.25. The van der Waals surface area contributed by atoms with Gasteiger partial charge in [0.1, 0.15) is 5.82 Å². The maximum Gasteiger partial charge on any atom is 0.131 e. The maximum atomic E-state index is 5.83. The van der Waals surface area contributed by atoms with E-state index in [1.165, 1.54) is 31.4 Å².